The Morgan fingerprint density at radius 3 is 1.18 bits per heavy atom. The molecule has 0 aromatic heterocycles. The first-order valence-electron chi connectivity index (χ1n) is 16.2. The summed E-state index contributed by atoms with van der Waals surface area (Å²) in [5.74, 6) is 1.41. The number of benzene rings is 4. The normalized spacial score (nSPS) is 16.6. The molecule has 0 fully saturated rings. The summed E-state index contributed by atoms with van der Waals surface area (Å²) >= 11 is 0. The van der Waals surface area contributed by atoms with Crippen LogP contribution in [0.25, 0.3) is 11.1 Å². The minimum atomic E-state index is -0.293. The topological polar surface area (TPSA) is 92.8 Å². The van der Waals surface area contributed by atoms with Gasteiger partial charge in [0.25, 0.3) is 0 Å². The largest absolute Gasteiger partial charge is 0.457 e. The third kappa shape index (κ3) is 7.36. The molecular weight excluding hydrogens is 608 g/mol. The van der Waals surface area contributed by atoms with Gasteiger partial charge >= 0.3 is 0 Å². The molecule has 0 aliphatic heterocycles. The Hall–Kier alpha value is -5.82. The summed E-state index contributed by atoms with van der Waals surface area (Å²) in [5.41, 5.74) is 7.03. The fourth-order valence-corrected chi connectivity index (χ4v) is 5.69. The molecule has 0 heterocycles. The number of Topliss-reactive ketones (excluding diaryl/α,β-unsaturated/α-hetero) is 2. The van der Waals surface area contributed by atoms with Gasteiger partial charge in [0.15, 0.2) is 11.6 Å². The zero-order valence-corrected chi connectivity index (χ0v) is 28.6. The monoisotopic (exact) mass is 646 g/mol. The van der Waals surface area contributed by atoms with Crippen molar-refractivity contribution in [3.05, 3.63) is 155 Å². The summed E-state index contributed by atoms with van der Waals surface area (Å²) in [5, 5.41) is 17.4. The van der Waals surface area contributed by atoms with E-state index in [0.29, 0.717) is 34.0 Å². The number of allylic oxidation sites excluding steroid dienone is 6. The van der Waals surface area contributed by atoms with Crippen LogP contribution in [-0.2, 0) is 0 Å². The number of nitrogens with zero attached hydrogens (tertiary/aromatic N) is 4. The number of rotatable bonds is 6. The molecule has 0 atom stereocenters. The molecule has 4 aromatic carbocycles. The van der Waals surface area contributed by atoms with Crippen LogP contribution in [0.15, 0.2) is 153 Å². The molecule has 2 aliphatic rings. The van der Waals surface area contributed by atoms with Gasteiger partial charge in [-0.25, -0.2) is 0 Å². The van der Waals surface area contributed by atoms with Crippen LogP contribution in [0.2, 0.25) is 0 Å². The van der Waals surface area contributed by atoms with Crippen molar-refractivity contribution in [2.45, 2.75) is 41.5 Å². The quantitative estimate of drug-likeness (QED) is 0.195. The predicted octanol–water partition coefficient (Wildman–Crippen LogP) is 12.1. The van der Waals surface area contributed by atoms with Crippen LogP contribution in [-0.4, -0.2) is 11.6 Å². The highest BCUT2D eigenvalue weighted by Crippen LogP contribution is 2.39. The van der Waals surface area contributed by atoms with E-state index in [2.05, 4.69) is 20.5 Å². The molecular formula is C42H38N4O3. The summed E-state index contributed by atoms with van der Waals surface area (Å²) < 4.78 is 6.03. The molecule has 0 spiro atoms. The van der Waals surface area contributed by atoms with E-state index in [1.54, 1.807) is 12.4 Å². The van der Waals surface area contributed by atoms with Gasteiger partial charge in [0.1, 0.15) is 11.5 Å². The van der Waals surface area contributed by atoms with Gasteiger partial charge in [-0.1, -0.05) is 90.1 Å². The van der Waals surface area contributed by atoms with E-state index >= 15 is 0 Å². The number of azo groups is 2. The zero-order chi connectivity index (χ0) is 34.8. The van der Waals surface area contributed by atoms with E-state index in [9.17, 15) is 9.59 Å². The number of hydrogen-bond donors (Lipinski definition) is 0. The number of ether oxygens (including phenoxy) is 1. The fourth-order valence-electron chi connectivity index (χ4n) is 5.69. The molecule has 0 saturated carbocycles. The average Bonchev–Trinajstić information content (AvgIpc) is 3.07. The fraction of sp³-hybridized carbons (Fsp3) is 0.190. The molecule has 0 N–H and O–H groups in total. The summed E-state index contributed by atoms with van der Waals surface area (Å²) in [6, 6.07) is 29.9. The van der Waals surface area contributed by atoms with E-state index in [0.717, 1.165) is 33.4 Å². The van der Waals surface area contributed by atoms with Crippen LogP contribution in [0.4, 0.5) is 11.4 Å². The summed E-state index contributed by atoms with van der Waals surface area (Å²) in [6.07, 6.45) is 7.24. The maximum absolute atomic E-state index is 13.1. The molecule has 49 heavy (non-hydrogen) atoms. The van der Waals surface area contributed by atoms with Gasteiger partial charge in [0.2, 0.25) is 0 Å². The van der Waals surface area contributed by atoms with E-state index in [1.807, 2.05) is 151 Å². The van der Waals surface area contributed by atoms with Crippen LogP contribution in [0.3, 0.4) is 0 Å². The van der Waals surface area contributed by atoms with Gasteiger partial charge in [-0.05, 0) is 82.6 Å². The molecule has 2 aliphatic carbocycles. The SMILES string of the molecule is CC(C)(C)C1=C/C(=C/N=Nc2ccc(Oc3ccc(N=N/C=C4/C=C(C(C)(C)C)C(=O)c5ccccc54)cc3)cc2)c2ccccc2C1=O. The van der Waals surface area contributed by atoms with Crippen molar-refractivity contribution in [1.82, 2.24) is 0 Å². The van der Waals surface area contributed by atoms with Gasteiger partial charge in [-0.15, -0.1) is 0 Å². The van der Waals surface area contributed by atoms with Crippen LogP contribution < -0.4 is 4.74 Å². The average molecular weight is 647 g/mol. The third-order valence-electron chi connectivity index (χ3n) is 8.32. The Morgan fingerprint density at radius 2 is 0.837 bits per heavy atom. The number of carbonyl (C=O) groups is 2. The maximum atomic E-state index is 13.1. The Bertz CT molecular complexity index is 1960. The van der Waals surface area contributed by atoms with E-state index < -0.39 is 0 Å². The van der Waals surface area contributed by atoms with Crippen molar-refractivity contribution >= 4 is 34.1 Å². The second-order valence-corrected chi connectivity index (χ2v) is 14.1. The lowest BCUT2D eigenvalue weighted by Gasteiger charge is -2.27. The lowest BCUT2D eigenvalue weighted by Crippen LogP contribution is -2.22. The molecule has 6 rings (SSSR count). The molecule has 7 nitrogen and oxygen atoms in total. The highest BCUT2D eigenvalue weighted by molar-refractivity contribution is 6.17. The van der Waals surface area contributed by atoms with Crippen molar-refractivity contribution in [3.8, 4) is 11.5 Å². The molecule has 0 unspecified atom stereocenters. The highest BCUT2D eigenvalue weighted by atomic mass is 16.5. The zero-order valence-electron chi connectivity index (χ0n) is 28.6. The van der Waals surface area contributed by atoms with Crippen molar-refractivity contribution in [1.29, 1.82) is 0 Å². The molecule has 4 aromatic rings. The molecule has 244 valence electrons. The van der Waals surface area contributed by atoms with E-state index in [1.165, 1.54) is 0 Å². The van der Waals surface area contributed by atoms with Gasteiger partial charge in [0.05, 0.1) is 23.8 Å². The predicted molar refractivity (Wildman–Crippen MR) is 195 cm³/mol. The maximum Gasteiger partial charge on any atom is 0.190 e. The summed E-state index contributed by atoms with van der Waals surface area (Å²) in [6.45, 7) is 12.2. The number of carbonyl (C=O) groups excluding carboxylic acids is 2. The molecule has 7 heteroatoms. The van der Waals surface area contributed by atoms with Crippen LogP contribution >= 0.6 is 0 Å². The van der Waals surface area contributed by atoms with Crippen LogP contribution in [0.5, 0.6) is 11.5 Å². The minimum Gasteiger partial charge on any atom is -0.457 e. The molecule has 0 saturated heterocycles. The van der Waals surface area contributed by atoms with E-state index in [4.69, 9.17) is 4.74 Å². The second kappa shape index (κ2) is 13.4. The minimum absolute atomic E-state index is 0.0533. The highest BCUT2D eigenvalue weighted by Gasteiger charge is 2.31. The Balaban J connectivity index is 1.11. The number of hydrogen-bond acceptors (Lipinski definition) is 7. The van der Waals surface area contributed by atoms with Gasteiger partial charge in [-0.2, -0.15) is 20.5 Å². The van der Waals surface area contributed by atoms with Crippen molar-refractivity contribution in [2.75, 3.05) is 0 Å². The number of ketones is 2. The van der Waals surface area contributed by atoms with Crippen molar-refractivity contribution in [3.63, 3.8) is 0 Å². The lowest BCUT2D eigenvalue weighted by atomic mass is 9.76. The van der Waals surface area contributed by atoms with E-state index in [-0.39, 0.29) is 22.4 Å². The smallest absolute Gasteiger partial charge is 0.190 e. The third-order valence-corrected chi connectivity index (χ3v) is 8.32. The van der Waals surface area contributed by atoms with Crippen LogP contribution in [0.1, 0.15) is 73.4 Å². The standard InChI is InChI=1S/C42H38N4O3/c1-41(2,3)37-23-27(33-11-7-9-13-35(33)39(37)47)25-43-45-29-15-19-31(20-16-29)49-32-21-17-30(18-22-32)46-44-26-28-24-38(42(4,5)6)40(48)36-14-10-8-12-34(28)36/h7-26H,1-6H3/b27-25-,28-26-,45-43?,46-44?. The van der Waals surface area contributed by atoms with Crippen molar-refractivity contribution in [2.24, 2.45) is 31.3 Å². The first-order chi connectivity index (χ1) is 23.4. The summed E-state index contributed by atoms with van der Waals surface area (Å²) in [4.78, 5) is 26.1. The van der Waals surface area contributed by atoms with Gasteiger partial charge in [0, 0.05) is 33.4 Å². The van der Waals surface area contributed by atoms with Gasteiger partial charge in [-0.3, -0.25) is 9.59 Å². The Labute approximate surface area is 287 Å². The Kier molecular flexibility index (Phi) is 9.02. The van der Waals surface area contributed by atoms with Gasteiger partial charge < -0.3 is 4.74 Å². The summed E-state index contributed by atoms with van der Waals surface area (Å²) in [7, 11) is 0. The van der Waals surface area contributed by atoms with Crippen LogP contribution in [0, 0.1) is 10.8 Å². The Morgan fingerprint density at radius 1 is 0.490 bits per heavy atom. The number of fused-ring (bicyclic) bond motifs is 2. The second-order valence-electron chi connectivity index (χ2n) is 14.1. The lowest BCUT2D eigenvalue weighted by molar-refractivity contribution is 0.1000. The molecule has 0 radical (unpaired) electrons. The molecule has 0 amide bonds. The first kappa shape index (κ1) is 33.1. The molecule has 0 bridgehead atoms. The van der Waals surface area contributed by atoms with Crippen molar-refractivity contribution < 1.29 is 14.3 Å². The first-order valence-corrected chi connectivity index (χ1v) is 16.2.